The molecule has 3 heterocycles. The highest BCUT2D eigenvalue weighted by atomic mass is 35.5. The normalized spacial score (nSPS) is 19.9. The Bertz CT molecular complexity index is 958. The molecule has 1 aliphatic carbocycles. The van der Waals surface area contributed by atoms with Gasteiger partial charge in [0, 0.05) is 36.3 Å². The molecule has 3 aromatic rings. The lowest BCUT2D eigenvalue weighted by molar-refractivity contribution is 0.792. The predicted octanol–water partition coefficient (Wildman–Crippen LogP) is 3.64. The third-order valence-electron chi connectivity index (χ3n) is 4.97. The summed E-state index contributed by atoms with van der Waals surface area (Å²) in [5, 5.41) is 4.23. The Hall–Kier alpha value is -2.47. The zero-order valence-electron chi connectivity index (χ0n) is 14.3. The van der Waals surface area contributed by atoms with Gasteiger partial charge in [-0.3, -0.25) is 4.98 Å². The minimum Gasteiger partial charge on any atom is -0.365 e. The standard InChI is InChI=1S/C19H19ClN6/c20-13-3-4-15-16(9-13)22-10-18(24-15)26-8-6-14(11-26)23-17-5-7-21-19(25-17)12-1-2-12/h3-5,7,9-10,12,14H,1-2,6,8,11H2,(H,21,23,25). The fraction of sp³-hybridized carbons (Fsp3) is 0.368. The summed E-state index contributed by atoms with van der Waals surface area (Å²) in [6.07, 6.45) is 7.16. The molecule has 1 aliphatic heterocycles. The minimum atomic E-state index is 0.347. The summed E-state index contributed by atoms with van der Waals surface area (Å²) < 4.78 is 0. The lowest BCUT2D eigenvalue weighted by Gasteiger charge is -2.18. The molecular weight excluding hydrogens is 348 g/mol. The maximum Gasteiger partial charge on any atom is 0.147 e. The van der Waals surface area contributed by atoms with Crippen molar-refractivity contribution in [2.45, 2.75) is 31.2 Å². The van der Waals surface area contributed by atoms with E-state index in [0.29, 0.717) is 17.0 Å². The maximum absolute atomic E-state index is 6.02. The molecule has 26 heavy (non-hydrogen) atoms. The van der Waals surface area contributed by atoms with E-state index in [4.69, 9.17) is 16.6 Å². The van der Waals surface area contributed by atoms with Crippen LogP contribution < -0.4 is 10.2 Å². The topological polar surface area (TPSA) is 66.8 Å². The van der Waals surface area contributed by atoms with Crippen LogP contribution in [0.3, 0.4) is 0 Å². The van der Waals surface area contributed by atoms with E-state index in [0.717, 1.165) is 48.0 Å². The highest BCUT2D eigenvalue weighted by Crippen LogP contribution is 2.38. The number of halogens is 1. The smallest absolute Gasteiger partial charge is 0.147 e. The maximum atomic E-state index is 6.02. The van der Waals surface area contributed by atoms with Gasteiger partial charge in [0.15, 0.2) is 0 Å². The number of rotatable bonds is 4. The van der Waals surface area contributed by atoms with Crippen molar-refractivity contribution in [3.8, 4) is 0 Å². The molecule has 2 aliphatic rings. The molecule has 5 rings (SSSR count). The van der Waals surface area contributed by atoms with Crippen LogP contribution in [0.5, 0.6) is 0 Å². The van der Waals surface area contributed by atoms with Crippen LogP contribution >= 0.6 is 11.6 Å². The molecule has 7 heteroatoms. The summed E-state index contributed by atoms with van der Waals surface area (Å²) in [5.41, 5.74) is 1.69. The third kappa shape index (κ3) is 3.17. The van der Waals surface area contributed by atoms with Crippen LogP contribution in [0, 0.1) is 0 Å². The summed E-state index contributed by atoms with van der Waals surface area (Å²) >= 11 is 6.02. The second kappa shape index (κ2) is 6.36. The molecule has 1 N–H and O–H groups in total. The Morgan fingerprint density at radius 3 is 2.85 bits per heavy atom. The molecule has 1 saturated heterocycles. The van der Waals surface area contributed by atoms with E-state index >= 15 is 0 Å². The SMILES string of the molecule is Clc1ccc2nc(N3CCC(Nc4ccnc(C5CC5)n4)C3)cnc2c1. The number of fused-ring (bicyclic) bond motifs is 1. The van der Waals surface area contributed by atoms with Gasteiger partial charge < -0.3 is 10.2 Å². The average molecular weight is 367 g/mol. The van der Waals surface area contributed by atoms with Gasteiger partial charge in [-0.15, -0.1) is 0 Å². The highest BCUT2D eigenvalue weighted by Gasteiger charge is 2.28. The number of nitrogens with zero attached hydrogens (tertiary/aromatic N) is 5. The average Bonchev–Trinajstić information content (AvgIpc) is 3.41. The molecule has 1 saturated carbocycles. The molecule has 0 bridgehead atoms. The molecule has 0 spiro atoms. The Morgan fingerprint density at radius 2 is 1.96 bits per heavy atom. The third-order valence-corrected chi connectivity index (χ3v) is 5.21. The van der Waals surface area contributed by atoms with Crippen molar-refractivity contribution in [3.63, 3.8) is 0 Å². The van der Waals surface area contributed by atoms with Crippen molar-refractivity contribution in [2.24, 2.45) is 0 Å². The highest BCUT2D eigenvalue weighted by molar-refractivity contribution is 6.31. The van der Waals surface area contributed by atoms with Gasteiger partial charge in [0.1, 0.15) is 17.5 Å². The van der Waals surface area contributed by atoms with Gasteiger partial charge in [-0.25, -0.2) is 15.0 Å². The van der Waals surface area contributed by atoms with Crippen LogP contribution in [0.15, 0.2) is 36.7 Å². The van der Waals surface area contributed by atoms with E-state index in [-0.39, 0.29) is 0 Å². The zero-order chi connectivity index (χ0) is 17.5. The van der Waals surface area contributed by atoms with Crippen LogP contribution in [0.1, 0.15) is 31.0 Å². The Kier molecular flexibility index (Phi) is 3.85. The van der Waals surface area contributed by atoms with E-state index in [9.17, 15) is 0 Å². The Balaban J connectivity index is 1.29. The van der Waals surface area contributed by atoms with E-state index in [1.165, 1.54) is 12.8 Å². The second-order valence-electron chi connectivity index (χ2n) is 7.01. The first-order chi connectivity index (χ1) is 12.7. The number of hydrogen-bond donors (Lipinski definition) is 1. The van der Waals surface area contributed by atoms with Crippen LogP contribution in [0.4, 0.5) is 11.6 Å². The molecule has 132 valence electrons. The summed E-state index contributed by atoms with van der Waals surface area (Å²) in [4.78, 5) is 20.6. The van der Waals surface area contributed by atoms with Gasteiger partial charge >= 0.3 is 0 Å². The summed E-state index contributed by atoms with van der Waals surface area (Å²) in [6, 6.07) is 7.91. The largest absolute Gasteiger partial charge is 0.365 e. The molecular formula is C19H19ClN6. The number of nitrogens with one attached hydrogen (secondary N) is 1. The summed E-state index contributed by atoms with van der Waals surface area (Å²) in [7, 11) is 0. The number of benzene rings is 1. The van der Waals surface area contributed by atoms with Crippen LogP contribution in [0.2, 0.25) is 5.02 Å². The van der Waals surface area contributed by atoms with Gasteiger partial charge in [0.25, 0.3) is 0 Å². The summed E-state index contributed by atoms with van der Waals surface area (Å²) in [5.74, 6) is 3.38. The van der Waals surface area contributed by atoms with Crippen molar-refractivity contribution in [1.29, 1.82) is 0 Å². The van der Waals surface area contributed by atoms with E-state index in [2.05, 4.69) is 25.2 Å². The van der Waals surface area contributed by atoms with Crippen molar-refractivity contribution in [1.82, 2.24) is 19.9 Å². The summed E-state index contributed by atoms with van der Waals surface area (Å²) in [6.45, 7) is 1.84. The second-order valence-corrected chi connectivity index (χ2v) is 7.45. The van der Waals surface area contributed by atoms with Crippen LogP contribution in [-0.2, 0) is 0 Å². The molecule has 0 amide bonds. The first kappa shape index (κ1) is 15.8. The van der Waals surface area contributed by atoms with Gasteiger partial charge in [-0.05, 0) is 43.5 Å². The van der Waals surface area contributed by atoms with Crippen molar-refractivity contribution >= 4 is 34.3 Å². The monoisotopic (exact) mass is 366 g/mol. The molecule has 1 unspecified atom stereocenters. The quantitative estimate of drug-likeness (QED) is 0.760. The fourth-order valence-electron chi connectivity index (χ4n) is 3.41. The lowest BCUT2D eigenvalue weighted by atomic mass is 10.2. The molecule has 1 atom stereocenters. The van der Waals surface area contributed by atoms with Crippen molar-refractivity contribution in [2.75, 3.05) is 23.3 Å². The van der Waals surface area contributed by atoms with Gasteiger partial charge in [-0.1, -0.05) is 11.6 Å². The molecule has 0 radical (unpaired) electrons. The molecule has 2 fully saturated rings. The van der Waals surface area contributed by atoms with E-state index < -0.39 is 0 Å². The fourth-order valence-corrected chi connectivity index (χ4v) is 3.58. The first-order valence-corrected chi connectivity index (χ1v) is 9.39. The van der Waals surface area contributed by atoms with Crippen LogP contribution in [-0.4, -0.2) is 39.1 Å². The number of anilines is 2. The van der Waals surface area contributed by atoms with Crippen molar-refractivity contribution in [3.05, 3.63) is 47.5 Å². The van der Waals surface area contributed by atoms with E-state index in [1.807, 2.05) is 36.7 Å². The zero-order valence-corrected chi connectivity index (χ0v) is 15.0. The van der Waals surface area contributed by atoms with Crippen molar-refractivity contribution < 1.29 is 0 Å². The van der Waals surface area contributed by atoms with E-state index in [1.54, 1.807) is 0 Å². The molecule has 6 nitrogen and oxygen atoms in total. The Morgan fingerprint density at radius 1 is 1.04 bits per heavy atom. The Labute approximate surface area is 156 Å². The minimum absolute atomic E-state index is 0.347. The van der Waals surface area contributed by atoms with Gasteiger partial charge in [-0.2, -0.15) is 0 Å². The van der Waals surface area contributed by atoms with Gasteiger partial charge in [0.05, 0.1) is 17.2 Å². The first-order valence-electron chi connectivity index (χ1n) is 9.01. The molecule has 2 aromatic heterocycles. The molecule has 1 aromatic carbocycles. The van der Waals surface area contributed by atoms with Gasteiger partial charge in [0.2, 0.25) is 0 Å². The number of hydrogen-bond acceptors (Lipinski definition) is 6. The predicted molar refractivity (Wildman–Crippen MR) is 103 cm³/mol. The van der Waals surface area contributed by atoms with Crippen LogP contribution in [0.25, 0.3) is 11.0 Å². The lowest BCUT2D eigenvalue weighted by Crippen LogP contribution is -2.27. The number of aromatic nitrogens is 4.